The molecule has 4 rings (SSSR count). The second-order valence-electron chi connectivity index (χ2n) is 8.05. The topological polar surface area (TPSA) is 3.24 Å². The summed E-state index contributed by atoms with van der Waals surface area (Å²) in [5.41, 5.74) is 1.44. The van der Waals surface area contributed by atoms with E-state index in [0.717, 1.165) is 11.6 Å². The van der Waals surface area contributed by atoms with Gasteiger partial charge in [0.2, 0.25) is 0 Å². The zero-order chi connectivity index (χ0) is 15.4. The molecule has 22 heavy (non-hydrogen) atoms. The van der Waals surface area contributed by atoms with E-state index in [-0.39, 0.29) is 7.92 Å². The van der Waals surface area contributed by atoms with Gasteiger partial charge in [0.05, 0.1) is 0 Å². The Bertz CT molecular complexity index is 536. The highest BCUT2D eigenvalue weighted by atomic mass is 31.1. The van der Waals surface area contributed by atoms with Crippen LogP contribution in [-0.2, 0) is 0 Å². The molecule has 0 N–H and O–H groups in total. The van der Waals surface area contributed by atoms with Gasteiger partial charge in [0.1, 0.15) is 0 Å². The fraction of sp³-hybridized carbons (Fsp3) is 0.700. The number of fused-ring (bicyclic) bond motifs is 1. The third-order valence-corrected chi connectivity index (χ3v) is 11.1. The van der Waals surface area contributed by atoms with Crippen LogP contribution in [0.15, 0.2) is 30.3 Å². The predicted molar refractivity (Wildman–Crippen MR) is 97.4 cm³/mol. The summed E-state index contributed by atoms with van der Waals surface area (Å²) in [5.74, 6) is 0.946. The van der Waals surface area contributed by atoms with Crippen LogP contribution in [-0.4, -0.2) is 35.3 Å². The first-order valence-corrected chi connectivity index (χ1v) is 10.6. The Balaban J connectivity index is 1.78. The largest absolute Gasteiger partial charge is 0.303 e. The van der Waals surface area contributed by atoms with Crippen LogP contribution in [0.3, 0.4) is 0 Å². The lowest BCUT2D eigenvalue weighted by Crippen LogP contribution is -2.39. The van der Waals surface area contributed by atoms with Crippen molar-refractivity contribution in [3.8, 4) is 0 Å². The van der Waals surface area contributed by atoms with E-state index in [1.165, 1.54) is 44.9 Å². The molecule has 3 aliphatic rings. The Kier molecular flexibility index (Phi) is 3.66. The molecule has 0 aliphatic heterocycles. The highest BCUT2D eigenvalue weighted by Gasteiger charge is 2.79. The molecule has 4 atom stereocenters. The molecule has 0 radical (unpaired) electrons. The van der Waals surface area contributed by atoms with Crippen molar-refractivity contribution in [2.24, 2.45) is 5.92 Å². The molecular formula is C20H30NP. The summed E-state index contributed by atoms with van der Waals surface area (Å²) < 4.78 is 0. The van der Waals surface area contributed by atoms with Crippen molar-refractivity contribution in [2.45, 2.75) is 68.2 Å². The molecule has 0 aromatic heterocycles. The van der Waals surface area contributed by atoms with E-state index in [2.05, 4.69) is 56.3 Å². The fourth-order valence-electron chi connectivity index (χ4n) is 6.03. The van der Waals surface area contributed by atoms with Crippen LogP contribution in [0, 0.1) is 5.92 Å². The smallest absolute Gasteiger partial charge is 0.0314 e. The van der Waals surface area contributed by atoms with E-state index >= 15 is 0 Å². The van der Waals surface area contributed by atoms with E-state index in [0.29, 0.717) is 10.7 Å². The number of rotatable bonds is 4. The van der Waals surface area contributed by atoms with Gasteiger partial charge in [-0.25, -0.2) is 0 Å². The quantitative estimate of drug-likeness (QED) is 0.734. The molecule has 3 saturated carbocycles. The van der Waals surface area contributed by atoms with Gasteiger partial charge < -0.3 is 4.90 Å². The maximum absolute atomic E-state index is 2.57. The molecule has 0 saturated heterocycles. The Labute approximate surface area is 137 Å². The van der Waals surface area contributed by atoms with Gasteiger partial charge >= 0.3 is 0 Å². The van der Waals surface area contributed by atoms with E-state index < -0.39 is 0 Å². The molecular weight excluding hydrogens is 285 g/mol. The molecule has 3 aliphatic carbocycles. The summed E-state index contributed by atoms with van der Waals surface area (Å²) in [7, 11) is 4.63. The van der Waals surface area contributed by atoms with Crippen molar-refractivity contribution in [2.75, 3.05) is 14.1 Å². The van der Waals surface area contributed by atoms with Crippen molar-refractivity contribution >= 4 is 13.2 Å². The Morgan fingerprint density at radius 1 is 1.00 bits per heavy atom. The lowest BCUT2D eigenvalue weighted by Gasteiger charge is -2.38. The van der Waals surface area contributed by atoms with Gasteiger partial charge in [-0.05, 0) is 63.6 Å². The Morgan fingerprint density at radius 2 is 1.68 bits per heavy atom. The molecule has 0 spiro atoms. The second kappa shape index (κ2) is 5.32. The Hall–Kier alpha value is -0.390. The van der Waals surface area contributed by atoms with Gasteiger partial charge in [-0.15, -0.1) is 0 Å². The molecule has 1 unspecified atom stereocenters. The average molecular weight is 315 g/mol. The standard InChI is InChI=1S/C20H30NP/c1-19(21(2)3)18-14-9-15-20(18,19)22(17-12-7-8-13-17)16-10-5-4-6-11-16/h4-6,10-11,17-18H,7-9,12-15H2,1-3H3/t18-,19-,20?,22-/m0/s1. The monoisotopic (exact) mass is 315 g/mol. The maximum atomic E-state index is 2.57. The minimum atomic E-state index is -0.0280. The zero-order valence-electron chi connectivity index (χ0n) is 14.4. The van der Waals surface area contributed by atoms with E-state index in [1.807, 2.05) is 0 Å². The first-order valence-electron chi connectivity index (χ1n) is 9.14. The zero-order valence-corrected chi connectivity index (χ0v) is 15.3. The van der Waals surface area contributed by atoms with Crippen molar-refractivity contribution in [1.82, 2.24) is 4.90 Å². The van der Waals surface area contributed by atoms with Crippen LogP contribution in [0.4, 0.5) is 0 Å². The lowest BCUT2D eigenvalue weighted by atomic mass is 10.1. The van der Waals surface area contributed by atoms with Crippen LogP contribution in [0.2, 0.25) is 0 Å². The molecule has 0 amide bonds. The number of hydrogen-bond acceptors (Lipinski definition) is 1. The van der Waals surface area contributed by atoms with Crippen molar-refractivity contribution in [1.29, 1.82) is 0 Å². The number of nitrogens with zero attached hydrogens (tertiary/aromatic N) is 1. The van der Waals surface area contributed by atoms with Crippen molar-refractivity contribution in [3.63, 3.8) is 0 Å². The molecule has 120 valence electrons. The minimum Gasteiger partial charge on any atom is -0.303 e. The second-order valence-corrected chi connectivity index (χ2v) is 10.8. The van der Waals surface area contributed by atoms with Gasteiger partial charge in [0.15, 0.2) is 0 Å². The van der Waals surface area contributed by atoms with Gasteiger partial charge in [-0.1, -0.05) is 57.5 Å². The van der Waals surface area contributed by atoms with Gasteiger partial charge in [-0.3, -0.25) is 0 Å². The van der Waals surface area contributed by atoms with Crippen molar-refractivity contribution < 1.29 is 0 Å². The number of benzene rings is 1. The molecule has 1 aromatic rings. The fourth-order valence-corrected chi connectivity index (χ4v) is 10.8. The van der Waals surface area contributed by atoms with E-state index in [1.54, 1.807) is 5.30 Å². The van der Waals surface area contributed by atoms with Crippen molar-refractivity contribution in [3.05, 3.63) is 30.3 Å². The third kappa shape index (κ3) is 1.85. The Morgan fingerprint density at radius 3 is 2.27 bits per heavy atom. The highest BCUT2D eigenvalue weighted by Crippen LogP contribution is 2.82. The van der Waals surface area contributed by atoms with Crippen LogP contribution in [0.25, 0.3) is 0 Å². The first-order chi connectivity index (χ1) is 10.6. The molecule has 2 heteroatoms. The van der Waals surface area contributed by atoms with Gasteiger partial charge in [0.25, 0.3) is 0 Å². The summed E-state index contributed by atoms with van der Waals surface area (Å²) in [6.07, 6.45) is 10.3. The highest BCUT2D eigenvalue weighted by molar-refractivity contribution is 7.68. The molecule has 1 aromatic carbocycles. The summed E-state index contributed by atoms with van der Waals surface area (Å²) >= 11 is 0. The molecule has 3 fully saturated rings. The molecule has 1 nitrogen and oxygen atoms in total. The SMILES string of the molecule is CN(C)[C@@]1(C)[C@@H]2CCCC21[P@@](c1ccccc1)C1CCCC1. The maximum Gasteiger partial charge on any atom is 0.0314 e. The molecule has 0 bridgehead atoms. The summed E-state index contributed by atoms with van der Waals surface area (Å²) in [5, 5.41) is 2.31. The lowest BCUT2D eigenvalue weighted by molar-refractivity contribution is 0.244. The van der Waals surface area contributed by atoms with E-state index in [9.17, 15) is 0 Å². The minimum absolute atomic E-state index is 0.0280. The van der Waals surface area contributed by atoms with Crippen LogP contribution in [0.1, 0.15) is 51.9 Å². The average Bonchev–Trinajstić information content (AvgIpc) is 2.99. The molecule has 0 heterocycles. The van der Waals surface area contributed by atoms with Crippen LogP contribution >= 0.6 is 7.92 Å². The predicted octanol–water partition coefficient (Wildman–Crippen LogP) is 4.61. The summed E-state index contributed by atoms with van der Waals surface area (Å²) in [4.78, 5) is 2.57. The van der Waals surface area contributed by atoms with Crippen LogP contribution < -0.4 is 5.30 Å². The van der Waals surface area contributed by atoms with Gasteiger partial charge in [0, 0.05) is 10.7 Å². The van der Waals surface area contributed by atoms with E-state index in [4.69, 9.17) is 0 Å². The third-order valence-electron chi connectivity index (χ3n) is 7.18. The summed E-state index contributed by atoms with van der Waals surface area (Å²) in [6.45, 7) is 2.57. The van der Waals surface area contributed by atoms with Crippen LogP contribution in [0.5, 0.6) is 0 Å². The first kappa shape index (κ1) is 15.2. The number of hydrogen-bond donors (Lipinski definition) is 0. The summed E-state index contributed by atoms with van der Waals surface area (Å²) in [6, 6.07) is 11.6. The van der Waals surface area contributed by atoms with Gasteiger partial charge in [-0.2, -0.15) is 0 Å². The normalized spacial score (nSPS) is 39.2.